The maximum absolute atomic E-state index is 11.8. The third-order valence-electron chi connectivity index (χ3n) is 4.66. The molecule has 0 saturated heterocycles. The van der Waals surface area contributed by atoms with Crippen LogP contribution in [0.5, 0.6) is 0 Å². The van der Waals surface area contributed by atoms with Crippen molar-refractivity contribution in [2.75, 3.05) is 26.7 Å². The second-order valence-electron chi connectivity index (χ2n) is 7.98. The van der Waals surface area contributed by atoms with Gasteiger partial charge in [0.2, 0.25) is 0 Å². The first-order valence-electron chi connectivity index (χ1n) is 10.3. The van der Waals surface area contributed by atoms with Crippen LogP contribution in [0.4, 0.5) is 0 Å². The molecular formula is C24H35IN4O. The average molecular weight is 522 g/mol. The van der Waals surface area contributed by atoms with Gasteiger partial charge in [-0.15, -0.1) is 24.0 Å². The van der Waals surface area contributed by atoms with Gasteiger partial charge in [0.1, 0.15) is 0 Å². The lowest BCUT2D eigenvalue weighted by Gasteiger charge is -2.23. The van der Waals surface area contributed by atoms with Crippen LogP contribution in [0.2, 0.25) is 0 Å². The van der Waals surface area contributed by atoms with Crippen molar-refractivity contribution >= 4 is 35.8 Å². The SMILES string of the molecule is CCNC(=NCC(C)(C)Cc1ccccc1)NCCc1cccc(C(=O)NC)c1.I. The highest BCUT2D eigenvalue weighted by Gasteiger charge is 2.18. The van der Waals surface area contributed by atoms with Crippen LogP contribution < -0.4 is 16.0 Å². The summed E-state index contributed by atoms with van der Waals surface area (Å²) in [5, 5.41) is 9.39. The fourth-order valence-electron chi connectivity index (χ4n) is 3.18. The molecule has 0 atom stereocenters. The first-order valence-corrected chi connectivity index (χ1v) is 10.3. The fourth-order valence-corrected chi connectivity index (χ4v) is 3.18. The minimum Gasteiger partial charge on any atom is -0.357 e. The van der Waals surface area contributed by atoms with Crippen LogP contribution in [-0.4, -0.2) is 38.5 Å². The van der Waals surface area contributed by atoms with Crippen molar-refractivity contribution in [3.63, 3.8) is 0 Å². The van der Waals surface area contributed by atoms with Gasteiger partial charge in [0.25, 0.3) is 5.91 Å². The van der Waals surface area contributed by atoms with Gasteiger partial charge in [0, 0.05) is 32.2 Å². The Morgan fingerprint density at radius 2 is 1.70 bits per heavy atom. The molecule has 0 aliphatic heterocycles. The first-order chi connectivity index (χ1) is 13.9. The Morgan fingerprint density at radius 3 is 2.37 bits per heavy atom. The Hall–Kier alpha value is -2.09. The van der Waals surface area contributed by atoms with Crippen molar-refractivity contribution in [1.82, 2.24) is 16.0 Å². The number of hydrogen-bond acceptors (Lipinski definition) is 2. The Kier molecular flexibility index (Phi) is 11.5. The third-order valence-corrected chi connectivity index (χ3v) is 4.66. The van der Waals surface area contributed by atoms with E-state index in [9.17, 15) is 4.79 Å². The number of carbonyl (C=O) groups is 1. The summed E-state index contributed by atoms with van der Waals surface area (Å²) in [6.45, 7) is 8.87. The minimum atomic E-state index is -0.0599. The van der Waals surface area contributed by atoms with Gasteiger partial charge in [-0.1, -0.05) is 56.3 Å². The highest BCUT2D eigenvalue weighted by atomic mass is 127. The van der Waals surface area contributed by atoms with E-state index in [1.807, 2.05) is 30.3 Å². The van der Waals surface area contributed by atoms with Gasteiger partial charge in [-0.05, 0) is 48.4 Å². The number of hydrogen-bond donors (Lipinski definition) is 3. The molecule has 6 heteroatoms. The zero-order valence-electron chi connectivity index (χ0n) is 18.5. The fraction of sp³-hybridized carbons (Fsp3) is 0.417. The van der Waals surface area contributed by atoms with E-state index in [4.69, 9.17) is 4.99 Å². The van der Waals surface area contributed by atoms with Crippen LogP contribution in [0.25, 0.3) is 0 Å². The summed E-state index contributed by atoms with van der Waals surface area (Å²) in [5.41, 5.74) is 3.22. The molecule has 5 nitrogen and oxygen atoms in total. The molecule has 0 spiro atoms. The number of guanidine groups is 1. The van der Waals surface area contributed by atoms with Crippen molar-refractivity contribution < 1.29 is 4.79 Å². The van der Waals surface area contributed by atoms with Crippen LogP contribution in [0.3, 0.4) is 0 Å². The predicted molar refractivity (Wildman–Crippen MR) is 137 cm³/mol. The molecule has 0 aliphatic rings. The highest BCUT2D eigenvalue weighted by molar-refractivity contribution is 14.0. The van der Waals surface area contributed by atoms with Crippen LogP contribution in [0.1, 0.15) is 42.3 Å². The molecule has 0 aliphatic carbocycles. The molecule has 0 radical (unpaired) electrons. The Morgan fingerprint density at radius 1 is 1.00 bits per heavy atom. The maximum atomic E-state index is 11.8. The third kappa shape index (κ3) is 9.15. The van der Waals surface area contributed by atoms with Gasteiger partial charge in [0.15, 0.2) is 5.96 Å². The quantitative estimate of drug-likeness (QED) is 0.265. The molecule has 0 aromatic heterocycles. The van der Waals surface area contributed by atoms with Gasteiger partial charge in [-0.3, -0.25) is 9.79 Å². The molecule has 0 bridgehead atoms. The molecule has 1 amide bonds. The smallest absolute Gasteiger partial charge is 0.251 e. The number of halogens is 1. The number of nitrogens with one attached hydrogen (secondary N) is 3. The second-order valence-corrected chi connectivity index (χ2v) is 7.98. The maximum Gasteiger partial charge on any atom is 0.251 e. The molecule has 2 rings (SSSR count). The highest BCUT2D eigenvalue weighted by Crippen LogP contribution is 2.22. The van der Waals surface area contributed by atoms with Crippen molar-refractivity contribution in [2.24, 2.45) is 10.4 Å². The van der Waals surface area contributed by atoms with Crippen LogP contribution in [-0.2, 0) is 12.8 Å². The van der Waals surface area contributed by atoms with Crippen LogP contribution >= 0.6 is 24.0 Å². The Bertz CT molecular complexity index is 806. The molecule has 2 aromatic rings. The molecule has 0 fully saturated rings. The van der Waals surface area contributed by atoms with E-state index in [0.717, 1.165) is 44.0 Å². The lowest BCUT2D eigenvalue weighted by molar-refractivity contribution is 0.0963. The zero-order valence-corrected chi connectivity index (χ0v) is 20.8. The van der Waals surface area contributed by atoms with Crippen molar-refractivity contribution in [2.45, 2.75) is 33.6 Å². The molecule has 2 aromatic carbocycles. The van der Waals surface area contributed by atoms with Crippen LogP contribution in [0.15, 0.2) is 59.6 Å². The standard InChI is InChI=1S/C24H34N4O.HI/c1-5-26-23(28-18-24(2,3)17-20-10-7-6-8-11-20)27-15-14-19-12-9-13-21(16-19)22(29)25-4;/h6-13,16H,5,14-15,17-18H2,1-4H3,(H,25,29)(H2,26,27,28);1H. The summed E-state index contributed by atoms with van der Waals surface area (Å²) < 4.78 is 0. The molecule has 0 unspecified atom stereocenters. The van der Waals surface area contributed by atoms with Gasteiger partial charge >= 0.3 is 0 Å². The van der Waals surface area contributed by atoms with E-state index in [1.54, 1.807) is 7.05 Å². The summed E-state index contributed by atoms with van der Waals surface area (Å²) in [6, 6.07) is 18.3. The van der Waals surface area contributed by atoms with E-state index in [0.29, 0.717) is 5.56 Å². The number of carbonyl (C=O) groups excluding carboxylic acids is 1. The normalized spacial score (nSPS) is 11.4. The summed E-state index contributed by atoms with van der Waals surface area (Å²) in [6.07, 6.45) is 1.81. The van der Waals surface area contributed by atoms with E-state index in [-0.39, 0.29) is 35.3 Å². The average Bonchev–Trinajstić information content (AvgIpc) is 2.72. The Labute approximate surface area is 198 Å². The monoisotopic (exact) mass is 522 g/mol. The molecule has 0 heterocycles. The van der Waals surface area contributed by atoms with Crippen LogP contribution in [0, 0.1) is 5.41 Å². The summed E-state index contributed by atoms with van der Waals surface area (Å²) in [4.78, 5) is 16.6. The second kappa shape index (κ2) is 13.3. The van der Waals surface area contributed by atoms with E-state index in [1.165, 1.54) is 5.56 Å². The number of benzene rings is 2. The molecule has 164 valence electrons. The number of rotatable bonds is 9. The van der Waals surface area contributed by atoms with Crippen molar-refractivity contribution in [1.29, 1.82) is 0 Å². The van der Waals surface area contributed by atoms with Gasteiger partial charge in [-0.25, -0.2) is 0 Å². The van der Waals surface area contributed by atoms with Gasteiger partial charge in [-0.2, -0.15) is 0 Å². The lowest BCUT2D eigenvalue weighted by Crippen LogP contribution is -2.39. The number of aliphatic imine (C=N–C) groups is 1. The van der Waals surface area contributed by atoms with E-state index >= 15 is 0 Å². The summed E-state index contributed by atoms with van der Waals surface area (Å²) in [5.74, 6) is 0.770. The number of amides is 1. The first kappa shape index (κ1) is 25.9. The lowest BCUT2D eigenvalue weighted by atomic mass is 9.86. The Balaban J connectivity index is 0.00000450. The van der Waals surface area contributed by atoms with Crippen molar-refractivity contribution in [3.8, 4) is 0 Å². The minimum absolute atomic E-state index is 0. The van der Waals surface area contributed by atoms with Gasteiger partial charge in [0.05, 0.1) is 0 Å². The van der Waals surface area contributed by atoms with Crippen molar-refractivity contribution in [3.05, 3.63) is 71.3 Å². The topological polar surface area (TPSA) is 65.5 Å². The van der Waals surface area contributed by atoms with Gasteiger partial charge < -0.3 is 16.0 Å². The summed E-state index contributed by atoms with van der Waals surface area (Å²) >= 11 is 0. The molecule has 3 N–H and O–H groups in total. The van der Waals surface area contributed by atoms with E-state index in [2.05, 4.69) is 61.0 Å². The summed E-state index contributed by atoms with van der Waals surface area (Å²) in [7, 11) is 1.65. The molecule has 0 saturated carbocycles. The largest absolute Gasteiger partial charge is 0.357 e. The number of nitrogens with zero attached hydrogens (tertiary/aromatic N) is 1. The van der Waals surface area contributed by atoms with E-state index < -0.39 is 0 Å². The zero-order chi connectivity index (χ0) is 21.1. The molecule has 30 heavy (non-hydrogen) atoms. The molecular weight excluding hydrogens is 487 g/mol. The predicted octanol–water partition coefficient (Wildman–Crippen LogP) is 4.03.